The van der Waals surface area contributed by atoms with E-state index in [2.05, 4.69) is 17.0 Å². The smallest absolute Gasteiger partial charge is 0.407 e. The molecule has 0 aliphatic carbocycles. The van der Waals surface area contributed by atoms with Crippen molar-refractivity contribution in [3.05, 3.63) is 65.5 Å². The lowest BCUT2D eigenvalue weighted by Gasteiger charge is -2.33. The van der Waals surface area contributed by atoms with Crippen LogP contribution in [0.25, 0.3) is 0 Å². The van der Waals surface area contributed by atoms with E-state index in [9.17, 15) is 9.18 Å². The maximum absolute atomic E-state index is 12.9. The average molecular weight is 344 g/mol. The molecule has 1 saturated heterocycles. The second-order valence-electron chi connectivity index (χ2n) is 6.10. The monoisotopic (exact) mass is 344 g/mol. The summed E-state index contributed by atoms with van der Waals surface area (Å²) in [5, 5.41) is 8.97. The topological polar surface area (TPSA) is 53.0 Å². The van der Waals surface area contributed by atoms with Crippen molar-refractivity contribution in [2.45, 2.75) is 13.2 Å². The molecule has 0 atom stereocenters. The number of hydrogen-bond donors (Lipinski definition) is 1. The maximum atomic E-state index is 12.9. The van der Waals surface area contributed by atoms with Gasteiger partial charge in [0, 0.05) is 32.7 Å². The fraction of sp³-hybridized carbons (Fsp3) is 0.316. The van der Waals surface area contributed by atoms with Gasteiger partial charge in [-0.2, -0.15) is 0 Å². The number of amides is 1. The van der Waals surface area contributed by atoms with Gasteiger partial charge in [-0.05, 0) is 35.4 Å². The van der Waals surface area contributed by atoms with Crippen LogP contribution in [0.15, 0.2) is 48.5 Å². The predicted octanol–water partition coefficient (Wildman–Crippen LogP) is 3.20. The van der Waals surface area contributed by atoms with E-state index in [1.54, 1.807) is 12.1 Å². The molecule has 2 aromatic rings. The van der Waals surface area contributed by atoms with Crippen LogP contribution in [0.5, 0.6) is 5.75 Å². The Hall–Kier alpha value is -2.60. The maximum Gasteiger partial charge on any atom is 0.407 e. The minimum absolute atomic E-state index is 0.277. The summed E-state index contributed by atoms with van der Waals surface area (Å²) in [7, 11) is 0. The van der Waals surface area contributed by atoms with E-state index in [4.69, 9.17) is 9.84 Å². The van der Waals surface area contributed by atoms with Gasteiger partial charge < -0.3 is 14.7 Å². The molecule has 3 rings (SSSR count). The SMILES string of the molecule is O=C(O)N1CCN(Cc2ccc(COc3ccc(F)cc3)cc2)CC1. The van der Waals surface area contributed by atoms with Gasteiger partial charge in [0.1, 0.15) is 18.2 Å². The number of rotatable bonds is 5. The fourth-order valence-electron chi connectivity index (χ4n) is 2.79. The number of carboxylic acid groups (broad SMARTS) is 1. The Morgan fingerprint density at radius 2 is 1.56 bits per heavy atom. The highest BCUT2D eigenvalue weighted by atomic mass is 19.1. The second-order valence-corrected chi connectivity index (χ2v) is 6.10. The van der Waals surface area contributed by atoms with Crippen molar-refractivity contribution >= 4 is 6.09 Å². The van der Waals surface area contributed by atoms with Gasteiger partial charge in [0.25, 0.3) is 0 Å². The highest BCUT2D eigenvalue weighted by molar-refractivity contribution is 5.65. The number of carbonyl (C=O) groups is 1. The second kappa shape index (κ2) is 7.98. The molecule has 1 aliphatic heterocycles. The van der Waals surface area contributed by atoms with Crippen LogP contribution in [0.2, 0.25) is 0 Å². The van der Waals surface area contributed by atoms with Crippen LogP contribution in [0.1, 0.15) is 11.1 Å². The zero-order valence-electron chi connectivity index (χ0n) is 13.9. The highest BCUT2D eigenvalue weighted by Crippen LogP contribution is 2.15. The Morgan fingerprint density at radius 1 is 0.960 bits per heavy atom. The summed E-state index contributed by atoms with van der Waals surface area (Å²) in [6, 6.07) is 14.1. The van der Waals surface area contributed by atoms with Gasteiger partial charge in [0.05, 0.1) is 0 Å². The molecule has 6 heteroatoms. The van der Waals surface area contributed by atoms with E-state index >= 15 is 0 Å². The summed E-state index contributed by atoms with van der Waals surface area (Å²) >= 11 is 0. The van der Waals surface area contributed by atoms with Crippen LogP contribution in [-0.2, 0) is 13.2 Å². The van der Waals surface area contributed by atoms with Crippen molar-refractivity contribution in [1.82, 2.24) is 9.80 Å². The van der Waals surface area contributed by atoms with E-state index in [0.717, 1.165) is 25.2 Å². The summed E-state index contributed by atoms with van der Waals surface area (Å²) in [5.41, 5.74) is 2.23. The summed E-state index contributed by atoms with van der Waals surface area (Å²) in [4.78, 5) is 14.6. The van der Waals surface area contributed by atoms with Gasteiger partial charge in [-0.1, -0.05) is 24.3 Å². The lowest BCUT2D eigenvalue weighted by atomic mass is 10.1. The Balaban J connectivity index is 1.47. The Labute approximate surface area is 146 Å². The molecule has 1 aliphatic rings. The van der Waals surface area contributed by atoms with E-state index in [1.165, 1.54) is 22.6 Å². The van der Waals surface area contributed by atoms with E-state index in [-0.39, 0.29) is 5.82 Å². The van der Waals surface area contributed by atoms with Crippen LogP contribution in [0.3, 0.4) is 0 Å². The molecule has 5 nitrogen and oxygen atoms in total. The third kappa shape index (κ3) is 4.93. The minimum atomic E-state index is -0.842. The summed E-state index contributed by atoms with van der Waals surface area (Å²) in [6.45, 7) is 3.86. The van der Waals surface area contributed by atoms with Gasteiger partial charge >= 0.3 is 6.09 Å². The first-order valence-corrected chi connectivity index (χ1v) is 8.26. The largest absolute Gasteiger partial charge is 0.489 e. The quantitative estimate of drug-likeness (QED) is 0.905. The average Bonchev–Trinajstić information content (AvgIpc) is 2.63. The van der Waals surface area contributed by atoms with Gasteiger partial charge in [-0.15, -0.1) is 0 Å². The van der Waals surface area contributed by atoms with Crippen molar-refractivity contribution < 1.29 is 19.0 Å². The molecule has 132 valence electrons. The third-order valence-electron chi connectivity index (χ3n) is 4.29. The summed E-state index contributed by atoms with van der Waals surface area (Å²) in [6.07, 6.45) is -0.842. The molecule has 0 radical (unpaired) electrons. The van der Waals surface area contributed by atoms with Crippen LogP contribution in [-0.4, -0.2) is 47.2 Å². The first-order valence-electron chi connectivity index (χ1n) is 8.26. The highest BCUT2D eigenvalue weighted by Gasteiger charge is 2.20. The molecule has 0 aromatic heterocycles. The molecule has 2 aromatic carbocycles. The normalized spacial score (nSPS) is 15.2. The van der Waals surface area contributed by atoms with Crippen molar-refractivity contribution in [2.24, 2.45) is 0 Å². The van der Waals surface area contributed by atoms with E-state index in [0.29, 0.717) is 25.4 Å². The molecule has 0 saturated carbocycles. The molecule has 1 amide bonds. The number of hydrogen-bond acceptors (Lipinski definition) is 3. The summed E-state index contributed by atoms with van der Waals surface area (Å²) in [5.74, 6) is 0.364. The van der Waals surface area contributed by atoms with Crippen LogP contribution >= 0.6 is 0 Å². The number of piperazine rings is 1. The van der Waals surface area contributed by atoms with E-state index in [1.807, 2.05) is 12.1 Å². The summed E-state index contributed by atoms with van der Waals surface area (Å²) < 4.78 is 18.5. The van der Waals surface area contributed by atoms with Crippen molar-refractivity contribution in [2.75, 3.05) is 26.2 Å². The molecule has 1 fully saturated rings. The first-order chi connectivity index (χ1) is 12.1. The third-order valence-corrected chi connectivity index (χ3v) is 4.29. The van der Waals surface area contributed by atoms with Gasteiger partial charge in [0.15, 0.2) is 0 Å². The molecule has 1 heterocycles. The number of nitrogens with zero attached hydrogens (tertiary/aromatic N) is 2. The molecule has 1 N–H and O–H groups in total. The molecular weight excluding hydrogens is 323 g/mol. The Kier molecular flexibility index (Phi) is 5.50. The Bertz CT molecular complexity index is 696. The van der Waals surface area contributed by atoms with Crippen molar-refractivity contribution in [3.63, 3.8) is 0 Å². The molecule has 0 unspecified atom stereocenters. The van der Waals surface area contributed by atoms with Gasteiger partial charge in [0.2, 0.25) is 0 Å². The zero-order chi connectivity index (χ0) is 17.6. The van der Waals surface area contributed by atoms with Crippen LogP contribution < -0.4 is 4.74 Å². The lowest BCUT2D eigenvalue weighted by molar-refractivity contribution is 0.103. The van der Waals surface area contributed by atoms with Crippen LogP contribution in [0, 0.1) is 5.82 Å². The van der Waals surface area contributed by atoms with Crippen LogP contribution in [0.4, 0.5) is 9.18 Å². The lowest BCUT2D eigenvalue weighted by Crippen LogP contribution is -2.47. The number of ether oxygens (including phenoxy) is 1. The number of halogens is 1. The van der Waals surface area contributed by atoms with E-state index < -0.39 is 6.09 Å². The molecule has 25 heavy (non-hydrogen) atoms. The van der Waals surface area contributed by atoms with Crippen molar-refractivity contribution in [1.29, 1.82) is 0 Å². The van der Waals surface area contributed by atoms with Gasteiger partial charge in [-0.25, -0.2) is 9.18 Å². The number of benzene rings is 2. The zero-order valence-corrected chi connectivity index (χ0v) is 13.9. The standard InChI is InChI=1S/C19H21FN2O3/c20-17-5-7-18(8-6-17)25-14-16-3-1-15(2-4-16)13-21-9-11-22(12-10-21)19(23)24/h1-8H,9-14H2,(H,23,24). The van der Waals surface area contributed by atoms with Gasteiger partial charge in [-0.3, -0.25) is 4.90 Å². The predicted molar refractivity (Wildman–Crippen MR) is 92.0 cm³/mol. The first kappa shape index (κ1) is 17.2. The molecule has 0 bridgehead atoms. The van der Waals surface area contributed by atoms with Crippen molar-refractivity contribution in [3.8, 4) is 5.75 Å². The molecular formula is C19H21FN2O3. The fourth-order valence-corrected chi connectivity index (χ4v) is 2.79. The minimum Gasteiger partial charge on any atom is -0.489 e. The molecule has 0 spiro atoms. The Morgan fingerprint density at radius 3 is 2.16 bits per heavy atom.